The van der Waals surface area contributed by atoms with Crippen LogP contribution in [0.2, 0.25) is 0 Å². The Kier molecular flexibility index (Phi) is 6.24. The van der Waals surface area contributed by atoms with E-state index in [2.05, 4.69) is 10.1 Å². The molecule has 0 fully saturated rings. The van der Waals surface area contributed by atoms with Crippen LogP contribution in [0.3, 0.4) is 0 Å². The molecule has 0 radical (unpaired) electrons. The van der Waals surface area contributed by atoms with Crippen molar-refractivity contribution in [2.24, 2.45) is 0 Å². The van der Waals surface area contributed by atoms with Crippen molar-refractivity contribution in [3.63, 3.8) is 0 Å². The van der Waals surface area contributed by atoms with Gasteiger partial charge in [0.1, 0.15) is 6.61 Å². The molecule has 1 N–H and O–H groups in total. The topological polar surface area (TPSA) is 86.5 Å². The minimum Gasteiger partial charge on any atom is -0.493 e. The smallest absolute Gasteiger partial charge is 0.412 e. The molecule has 7 nitrogen and oxygen atoms in total. The van der Waals surface area contributed by atoms with E-state index in [-0.39, 0.29) is 23.6 Å². The molecule has 158 valence electrons. The number of ether oxygens (including phenoxy) is 2. The van der Waals surface area contributed by atoms with Crippen LogP contribution in [0.1, 0.15) is 33.4 Å². The van der Waals surface area contributed by atoms with Gasteiger partial charge in [0.15, 0.2) is 29.0 Å². The lowest BCUT2D eigenvalue weighted by molar-refractivity contribution is -0.155. The standard InChI is InChI=1S/C20H18F3N3O4/c1-12-5-6-16(17(8-12)28-2)29-11-14-9-15(26-30-14)19(27)25-18(20(21,22)23)13-4-3-7-24-10-13/h3-10,18H,11H2,1-2H3,(H,25,27). The summed E-state index contributed by atoms with van der Waals surface area (Å²) < 4.78 is 56.0. The lowest BCUT2D eigenvalue weighted by Gasteiger charge is -2.21. The lowest BCUT2D eigenvalue weighted by atomic mass is 10.1. The molecule has 1 amide bonds. The number of rotatable bonds is 7. The summed E-state index contributed by atoms with van der Waals surface area (Å²) in [6, 6.07) is 6.88. The number of nitrogens with one attached hydrogen (secondary N) is 1. The minimum atomic E-state index is -4.71. The SMILES string of the molecule is COc1cc(C)ccc1OCc1cc(C(=O)NC(c2cccnc2)C(F)(F)F)no1. The van der Waals surface area contributed by atoms with Gasteiger partial charge in [0.05, 0.1) is 7.11 Å². The van der Waals surface area contributed by atoms with Crippen LogP contribution in [-0.4, -0.2) is 29.3 Å². The number of hydrogen-bond acceptors (Lipinski definition) is 6. The van der Waals surface area contributed by atoms with Gasteiger partial charge in [-0.1, -0.05) is 17.3 Å². The van der Waals surface area contributed by atoms with Crippen LogP contribution in [0.25, 0.3) is 0 Å². The summed E-state index contributed by atoms with van der Waals surface area (Å²) in [6.07, 6.45) is -2.34. The molecular weight excluding hydrogens is 403 g/mol. The largest absolute Gasteiger partial charge is 0.493 e. The average molecular weight is 421 g/mol. The summed E-state index contributed by atoms with van der Waals surface area (Å²) in [6.45, 7) is 1.80. The predicted octanol–water partition coefficient (Wildman–Crippen LogP) is 4.00. The Hall–Kier alpha value is -3.56. The zero-order valence-electron chi connectivity index (χ0n) is 16.1. The number of aromatic nitrogens is 2. The highest BCUT2D eigenvalue weighted by Gasteiger charge is 2.42. The molecule has 0 saturated heterocycles. The van der Waals surface area contributed by atoms with Crippen LogP contribution in [0.5, 0.6) is 11.5 Å². The third kappa shape index (κ3) is 5.07. The monoisotopic (exact) mass is 421 g/mol. The number of hydrogen-bond donors (Lipinski definition) is 1. The van der Waals surface area contributed by atoms with Gasteiger partial charge in [0.2, 0.25) is 0 Å². The number of nitrogens with zero attached hydrogens (tertiary/aromatic N) is 2. The van der Waals surface area contributed by atoms with Crippen molar-refractivity contribution in [3.05, 3.63) is 71.4 Å². The first-order valence-electron chi connectivity index (χ1n) is 8.78. The third-order valence-corrected chi connectivity index (χ3v) is 4.10. The van der Waals surface area contributed by atoms with E-state index in [1.54, 1.807) is 12.1 Å². The van der Waals surface area contributed by atoms with E-state index in [4.69, 9.17) is 14.0 Å². The number of amides is 1. The molecule has 0 aliphatic rings. The van der Waals surface area contributed by atoms with Gasteiger partial charge in [-0.25, -0.2) is 0 Å². The Labute approximate surface area is 169 Å². The summed E-state index contributed by atoms with van der Waals surface area (Å²) >= 11 is 0. The second kappa shape index (κ2) is 8.85. The summed E-state index contributed by atoms with van der Waals surface area (Å²) in [4.78, 5) is 15.9. The number of methoxy groups -OCH3 is 1. The molecule has 1 atom stereocenters. The Morgan fingerprint density at radius 3 is 2.70 bits per heavy atom. The third-order valence-electron chi connectivity index (χ3n) is 4.10. The summed E-state index contributed by atoms with van der Waals surface area (Å²) in [5.41, 5.74) is 0.477. The fourth-order valence-electron chi connectivity index (χ4n) is 2.64. The lowest BCUT2D eigenvalue weighted by Crippen LogP contribution is -2.38. The molecule has 3 rings (SSSR count). The van der Waals surface area contributed by atoms with Crippen LogP contribution >= 0.6 is 0 Å². The van der Waals surface area contributed by atoms with Crippen molar-refractivity contribution in [2.75, 3.05) is 7.11 Å². The zero-order valence-corrected chi connectivity index (χ0v) is 16.1. The number of carbonyl (C=O) groups is 1. The number of pyridine rings is 1. The molecule has 1 unspecified atom stereocenters. The van der Waals surface area contributed by atoms with Crippen molar-refractivity contribution in [1.29, 1.82) is 0 Å². The van der Waals surface area contributed by atoms with E-state index in [1.165, 1.54) is 31.5 Å². The van der Waals surface area contributed by atoms with E-state index in [0.717, 1.165) is 11.8 Å². The molecule has 0 bridgehead atoms. The molecule has 0 spiro atoms. The molecule has 0 aliphatic heterocycles. The van der Waals surface area contributed by atoms with Gasteiger partial charge in [0.25, 0.3) is 5.91 Å². The molecule has 30 heavy (non-hydrogen) atoms. The maximum atomic E-state index is 13.4. The van der Waals surface area contributed by atoms with E-state index < -0.39 is 18.1 Å². The summed E-state index contributed by atoms with van der Waals surface area (Å²) in [7, 11) is 1.50. The summed E-state index contributed by atoms with van der Waals surface area (Å²) in [5, 5.41) is 5.45. The van der Waals surface area contributed by atoms with E-state index in [9.17, 15) is 18.0 Å². The first-order chi connectivity index (χ1) is 14.3. The Morgan fingerprint density at radius 1 is 1.23 bits per heavy atom. The Morgan fingerprint density at radius 2 is 2.03 bits per heavy atom. The number of carbonyl (C=O) groups excluding carboxylic acids is 1. The maximum absolute atomic E-state index is 13.4. The molecule has 2 heterocycles. The molecule has 0 aliphatic carbocycles. The molecular formula is C20H18F3N3O4. The normalized spacial score (nSPS) is 12.3. The van der Waals surface area contributed by atoms with Crippen LogP contribution in [0.4, 0.5) is 13.2 Å². The first-order valence-corrected chi connectivity index (χ1v) is 8.78. The predicted molar refractivity (Wildman–Crippen MR) is 99.1 cm³/mol. The van der Waals surface area contributed by atoms with Crippen LogP contribution < -0.4 is 14.8 Å². The van der Waals surface area contributed by atoms with Gasteiger partial charge in [-0.15, -0.1) is 0 Å². The number of benzene rings is 1. The Bertz CT molecular complexity index is 1010. The van der Waals surface area contributed by atoms with Crippen LogP contribution in [-0.2, 0) is 6.61 Å². The van der Waals surface area contributed by atoms with Gasteiger partial charge in [-0.2, -0.15) is 13.2 Å². The van der Waals surface area contributed by atoms with Gasteiger partial charge >= 0.3 is 6.18 Å². The molecule has 10 heteroatoms. The maximum Gasteiger partial charge on any atom is 0.412 e. The van der Waals surface area contributed by atoms with Crippen molar-refractivity contribution in [1.82, 2.24) is 15.5 Å². The van der Waals surface area contributed by atoms with Crippen molar-refractivity contribution in [3.8, 4) is 11.5 Å². The van der Waals surface area contributed by atoms with Crippen molar-refractivity contribution >= 4 is 5.91 Å². The Balaban J connectivity index is 1.68. The van der Waals surface area contributed by atoms with Crippen molar-refractivity contribution < 1.29 is 32.0 Å². The van der Waals surface area contributed by atoms with Gasteiger partial charge in [-0.05, 0) is 30.7 Å². The fraction of sp³-hybridized carbons (Fsp3) is 0.250. The molecule has 2 aromatic heterocycles. The van der Waals surface area contributed by atoms with E-state index in [1.807, 2.05) is 18.3 Å². The van der Waals surface area contributed by atoms with Gasteiger partial charge in [-0.3, -0.25) is 9.78 Å². The van der Waals surface area contributed by atoms with E-state index in [0.29, 0.717) is 11.5 Å². The summed E-state index contributed by atoms with van der Waals surface area (Å²) in [5.74, 6) is 0.0768. The zero-order chi connectivity index (χ0) is 21.7. The fourth-order valence-corrected chi connectivity index (χ4v) is 2.64. The number of aryl methyl sites for hydroxylation is 1. The quantitative estimate of drug-likeness (QED) is 0.621. The van der Waals surface area contributed by atoms with Gasteiger partial charge in [0, 0.05) is 24.0 Å². The second-order valence-corrected chi connectivity index (χ2v) is 6.36. The van der Waals surface area contributed by atoms with Crippen molar-refractivity contribution in [2.45, 2.75) is 25.7 Å². The highest BCUT2D eigenvalue weighted by Crippen LogP contribution is 2.32. The minimum absolute atomic E-state index is 0.0923. The van der Waals surface area contributed by atoms with Crippen LogP contribution in [0.15, 0.2) is 53.3 Å². The molecule has 1 aromatic carbocycles. The second-order valence-electron chi connectivity index (χ2n) is 6.36. The van der Waals surface area contributed by atoms with E-state index >= 15 is 0 Å². The number of alkyl halides is 3. The molecule has 3 aromatic rings. The highest BCUT2D eigenvalue weighted by atomic mass is 19.4. The molecule has 0 saturated carbocycles. The average Bonchev–Trinajstić information content (AvgIpc) is 3.19. The first kappa shape index (κ1) is 21.2. The van der Waals surface area contributed by atoms with Gasteiger partial charge < -0.3 is 19.3 Å². The highest BCUT2D eigenvalue weighted by molar-refractivity contribution is 5.92. The number of halogens is 3. The van der Waals surface area contributed by atoms with Crippen LogP contribution in [0, 0.1) is 6.92 Å².